The molecule has 2 aromatic carbocycles. The predicted molar refractivity (Wildman–Crippen MR) is 102 cm³/mol. The summed E-state index contributed by atoms with van der Waals surface area (Å²) >= 11 is 0. The van der Waals surface area contributed by atoms with Crippen LogP contribution in [0.1, 0.15) is 24.3 Å². The summed E-state index contributed by atoms with van der Waals surface area (Å²) in [6.07, 6.45) is 2.15. The van der Waals surface area contributed by atoms with Crippen LogP contribution in [0, 0.1) is 0 Å². The fourth-order valence-corrected chi connectivity index (χ4v) is 3.64. The van der Waals surface area contributed by atoms with Gasteiger partial charge in [-0.2, -0.15) is 0 Å². The van der Waals surface area contributed by atoms with Gasteiger partial charge in [-0.15, -0.1) is 0 Å². The van der Waals surface area contributed by atoms with E-state index in [1.807, 2.05) is 36.4 Å². The van der Waals surface area contributed by atoms with Crippen molar-refractivity contribution in [2.75, 3.05) is 13.1 Å². The van der Waals surface area contributed by atoms with E-state index < -0.39 is 0 Å². The van der Waals surface area contributed by atoms with Crippen molar-refractivity contribution in [2.24, 2.45) is 0 Å². The summed E-state index contributed by atoms with van der Waals surface area (Å²) in [6, 6.07) is 15.0. The maximum Gasteiger partial charge on any atom is 0.229 e. The number of oxazole rings is 1. The average Bonchev–Trinajstić information content (AvgIpc) is 3.04. The quantitative estimate of drug-likeness (QED) is 0.727. The normalized spacial score (nSPS) is 17.9. The zero-order valence-electron chi connectivity index (χ0n) is 15.1. The highest BCUT2D eigenvalue weighted by molar-refractivity contribution is 5.79. The molecule has 1 amide bonds. The number of phenolic OH excluding ortho intramolecular Hbond substituents is 1. The van der Waals surface area contributed by atoms with Crippen LogP contribution in [-0.2, 0) is 17.8 Å². The Hall–Kier alpha value is -2.86. The second kappa shape index (κ2) is 7.80. The van der Waals surface area contributed by atoms with Crippen LogP contribution in [0.5, 0.6) is 5.75 Å². The zero-order valence-corrected chi connectivity index (χ0v) is 15.1. The Balaban J connectivity index is 1.32. The molecule has 1 saturated heterocycles. The topological polar surface area (TPSA) is 78.6 Å². The third-order valence-corrected chi connectivity index (χ3v) is 4.84. The molecule has 27 heavy (non-hydrogen) atoms. The number of aromatic nitrogens is 1. The van der Waals surface area contributed by atoms with E-state index in [9.17, 15) is 9.90 Å². The fraction of sp³-hybridized carbons (Fsp3) is 0.333. The Morgan fingerprint density at radius 3 is 3.00 bits per heavy atom. The molecule has 0 spiro atoms. The van der Waals surface area contributed by atoms with Crippen LogP contribution in [0.15, 0.2) is 52.9 Å². The number of benzene rings is 2. The number of hydrogen-bond acceptors (Lipinski definition) is 5. The van der Waals surface area contributed by atoms with E-state index >= 15 is 0 Å². The minimum atomic E-state index is -0.0641. The Morgan fingerprint density at radius 2 is 2.15 bits per heavy atom. The van der Waals surface area contributed by atoms with E-state index in [2.05, 4.69) is 15.2 Å². The number of fused-ring (bicyclic) bond motifs is 1. The molecule has 6 nitrogen and oxygen atoms in total. The van der Waals surface area contributed by atoms with Gasteiger partial charge in [0.2, 0.25) is 11.8 Å². The molecule has 4 rings (SSSR count). The molecule has 0 aliphatic carbocycles. The van der Waals surface area contributed by atoms with E-state index in [1.54, 1.807) is 12.1 Å². The molecular formula is C21H23N3O3. The second-order valence-electron chi connectivity index (χ2n) is 7.06. The van der Waals surface area contributed by atoms with Gasteiger partial charge in [0, 0.05) is 19.1 Å². The summed E-state index contributed by atoms with van der Waals surface area (Å²) in [7, 11) is 0. The maximum absolute atomic E-state index is 12.4. The minimum Gasteiger partial charge on any atom is -0.508 e. The van der Waals surface area contributed by atoms with Gasteiger partial charge in [-0.25, -0.2) is 4.98 Å². The highest BCUT2D eigenvalue weighted by Gasteiger charge is 2.22. The number of nitrogens with zero attached hydrogens (tertiary/aromatic N) is 2. The molecule has 1 aromatic heterocycles. The number of nitrogens with one attached hydrogen (secondary N) is 1. The van der Waals surface area contributed by atoms with Crippen LogP contribution in [0.3, 0.4) is 0 Å². The molecule has 1 atom stereocenters. The molecule has 0 unspecified atom stereocenters. The first-order chi connectivity index (χ1) is 13.2. The molecule has 1 fully saturated rings. The molecule has 0 radical (unpaired) electrons. The van der Waals surface area contributed by atoms with Crippen molar-refractivity contribution in [3.05, 3.63) is 60.0 Å². The lowest BCUT2D eigenvalue weighted by atomic mass is 10.0. The van der Waals surface area contributed by atoms with Gasteiger partial charge < -0.3 is 14.8 Å². The molecule has 2 heterocycles. The number of carbonyl (C=O) groups is 1. The second-order valence-corrected chi connectivity index (χ2v) is 7.06. The molecule has 1 aliphatic heterocycles. The Labute approximate surface area is 157 Å². The van der Waals surface area contributed by atoms with Crippen LogP contribution in [0.2, 0.25) is 0 Å². The van der Waals surface area contributed by atoms with E-state index in [1.165, 1.54) is 0 Å². The Morgan fingerprint density at radius 1 is 1.26 bits per heavy atom. The highest BCUT2D eigenvalue weighted by Crippen LogP contribution is 2.18. The van der Waals surface area contributed by atoms with Crippen molar-refractivity contribution in [2.45, 2.75) is 31.8 Å². The van der Waals surface area contributed by atoms with Crippen molar-refractivity contribution < 1.29 is 14.3 Å². The molecular weight excluding hydrogens is 342 g/mol. The van der Waals surface area contributed by atoms with Gasteiger partial charge in [0.15, 0.2) is 5.58 Å². The minimum absolute atomic E-state index is 0.0641. The zero-order chi connectivity index (χ0) is 18.6. The SMILES string of the molecule is O=C(Cc1nc2ccccc2o1)N[C@H]1CCCN(Cc2cccc(O)c2)C1. The smallest absolute Gasteiger partial charge is 0.229 e. The number of piperidine rings is 1. The lowest BCUT2D eigenvalue weighted by Crippen LogP contribution is -2.47. The molecule has 1 aliphatic rings. The van der Waals surface area contributed by atoms with E-state index in [4.69, 9.17) is 4.42 Å². The third kappa shape index (κ3) is 4.46. The number of amides is 1. The summed E-state index contributed by atoms with van der Waals surface area (Å²) in [4.78, 5) is 19.1. The van der Waals surface area contributed by atoms with Crippen LogP contribution < -0.4 is 5.32 Å². The Kier molecular flexibility index (Phi) is 5.07. The van der Waals surface area contributed by atoms with Gasteiger partial charge in [-0.3, -0.25) is 9.69 Å². The molecule has 140 valence electrons. The fourth-order valence-electron chi connectivity index (χ4n) is 3.64. The van der Waals surface area contributed by atoms with Crippen LogP contribution in [0.25, 0.3) is 11.1 Å². The van der Waals surface area contributed by atoms with Crippen molar-refractivity contribution in [1.82, 2.24) is 15.2 Å². The van der Waals surface area contributed by atoms with Crippen molar-refractivity contribution in [1.29, 1.82) is 0 Å². The summed E-state index contributed by atoms with van der Waals surface area (Å²) in [5.41, 5.74) is 2.55. The highest BCUT2D eigenvalue weighted by atomic mass is 16.3. The summed E-state index contributed by atoms with van der Waals surface area (Å²) in [5, 5.41) is 12.7. The lowest BCUT2D eigenvalue weighted by molar-refractivity contribution is -0.121. The van der Waals surface area contributed by atoms with E-state index in [0.29, 0.717) is 11.5 Å². The van der Waals surface area contributed by atoms with Crippen LogP contribution >= 0.6 is 0 Å². The standard InChI is InChI=1S/C21H23N3O3/c25-17-7-3-5-15(11-17)13-24-10-4-6-16(14-24)22-20(26)12-21-23-18-8-1-2-9-19(18)27-21/h1-3,5,7-9,11,16,25H,4,6,10,12-14H2,(H,22,26)/t16-/m0/s1. The molecule has 0 bridgehead atoms. The van der Waals surface area contributed by atoms with Crippen molar-refractivity contribution in [3.63, 3.8) is 0 Å². The van der Waals surface area contributed by atoms with E-state index in [-0.39, 0.29) is 24.1 Å². The molecule has 3 aromatic rings. The van der Waals surface area contributed by atoms with Crippen molar-refractivity contribution in [3.8, 4) is 5.75 Å². The summed E-state index contributed by atoms with van der Waals surface area (Å²) < 4.78 is 5.63. The molecule has 0 saturated carbocycles. The number of likely N-dealkylation sites (tertiary alicyclic amines) is 1. The number of carbonyl (C=O) groups excluding carboxylic acids is 1. The van der Waals surface area contributed by atoms with Gasteiger partial charge in [-0.1, -0.05) is 24.3 Å². The third-order valence-electron chi connectivity index (χ3n) is 4.84. The largest absolute Gasteiger partial charge is 0.508 e. The number of rotatable bonds is 5. The predicted octanol–water partition coefficient (Wildman–Crippen LogP) is 2.86. The number of para-hydroxylation sites is 2. The average molecular weight is 365 g/mol. The maximum atomic E-state index is 12.4. The number of phenols is 1. The first-order valence-electron chi connectivity index (χ1n) is 9.30. The van der Waals surface area contributed by atoms with Crippen LogP contribution in [0.4, 0.5) is 0 Å². The Bertz CT molecular complexity index is 904. The van der Waals surface area contributed by atoms with Gasteiger partial charge >= 0.3 is 0 Å². The first kappa shape index (κ1) is 17.5. The van der Waals surface area contributed by atoms with Gasteiger partial charge in [0.05, 0.1) is 0 Å². The summed E-state index contributed by atoms with van der Waals surface area (Å²) in [6.45, 7) is 2.56. The number of aromatic hydroxyl groups is 1. The first-order valence-corrected chi connectivity index (χ1v) is 9.30. The number of hydrogen-bond donors (Lipinski definition) is 2. The molecule has 2 N–H and O–H groups in total. The molecule has 6 heteroatoms. The van der Waals surface area contributed by atoms with Crippen molar-refractivity contribution >= 4 is 17.0 Å². The lowest BCUT2D eigenvalue weighted by Gasteiger charge is -2.33. The van der Waals surface area contributed by atoms with Gasteiger partial charge in [0.25, 0.3) is 0 Å². The van der Waals surface area contributed by atoms with Gasteiger partial charge in [0.1, 0.15) is 17.7 Å². The van der Waals surface area contributed by atoms with Gasteiger partial charge in [-0.05, 0) is 49.2 Å². The monoisotopic (exact) mass is 365 g/mol. The van der Waals surface area contributed by atoms with Crippen LogP contribution in [-0.4, -0.2) is 40.0 Å². The van der Waals surface area contributed by atoms with E-state index in [0.717, 1.165) is 43.6 Å². The summed E-state index contributed by atoms with van der Waals surface area (Å²) in [5.74, 6) is 0.666.